The van der Waals surface area contributed by atoms with Crippen LogP contribution < -0.4 is 14.4 Å². The zero-order chi connectivity index (χ0) is 22.7. The molecule has 32 heavy (non-hydrogen) atoms. The van der Waals surface area contributed by atoms with E-state index in [0.717, 1.165) is 5.56 Å². The SMILES string of the molecule is CCOC(=O)c1cc(N2CCOC[C@H]2C)nc2c1cnn2Cc1ccc(OC)cc1OC. The van der Waals surface area contributed by atoms with Gasteiger partial charge in [-0.05, 0) is 32.0 Å². The van der Waals surface area contributed by atoms with E-state index in [9.17, 15) is 4.79 Å². The van der Waals surface area contributed by atoms with E-state index in [1.165, 1.54) is 0 Å². The minimum absolute atomic E-state index is 0.141. The van der Waals surface area contributed by atoms with Crippen LogP contribution in [0.2, 0.25) is 0 Å². The number of carbonyl (C=O) groups excluding carboxylic acids is 1. The molecule has 3 heterocycles. The number of ether oxygens (including phenoxy) is 4. The van der Waals surface area contributed by atoms with Gasteiger partial charge < -0.3 is 23.8 Å². The zero-order valence-electron chi connectivity index (χ0n) is 18.8. The topological polar surface area (TPSA) is 87.9 Å². The number of benzene rings is 1. The van der Waals surface area contributed by atoms with Gasteiger partial charge in [-0.2, -0.15) is 5.10 Å². The summed E-state index contributed by atoms with van der Waals surface area (Å²) >= 11 is 0. The van der Waals surface area contributed by atoms with E-state index in [0.29, 0.717) is 66.8 Å². The number of rotatable bonds is 7. The van der Waals surface area contributed by atoms with Crippen LogP contribution in [0.25, 0.3) is 11.0 Å². The lowest BCUT2D eigenvalue weighted by Crippen LogP contribution is -2.44. The maximum atomic E-state index is 12.7. The van der Waals surface area contributed by atoms with Crippen LogP contribution in [-0.2, 0) is 16.0 Å². The van der Waals surface area contributed by atoms with Crippen LogP contribution in [0.5, 0.6) is 11.5 Å². The van der Waals surface area contributed by atoms with Gasteiger partial charge in [-0.1, -0.05) is 0 Å². The summed E-state index contributed by atoms with van der Waals surface area (Å²) in [6.45, 7) is 6.51. The van der Waals surface area contributed by atoms with E-state index in [4.69, 9.17) is 23.9 Å². The summed E-state index contributed by atoms with van der Waals surface area (Å²) in [6.07, 6.45) is 1.66. The van der Waals surface area contributed by atoms with Crippen LogP contribution in [0.1, 0.15) is 29.8 Å². The molecule has 0 saturated carbocycles. The Morgan fingerprint density at radius 2 is 2.09 bits per heavy atom. The first-order valence-electron chi connectivity index (χ1n) is 10.6. The van der Waals surface area contributed by atoms with Gasteiger partial charge in [-0.25, -0.2) is 14.5 Å². The van der Waals surface area contributed by atoms with E-state index in [1.54, 1.807) is 38.1 Å². The highest BCUT2D eigenvalue weighted by molar-refractivity contribution is 6.03. The number of morpholine rings is 1. The largest absolute Gasteiger partial charge is 0.497 e. The Kier molecular flexibility index (Phi) is 6.45. The lowest BCUT2D eigenvalue weighted by molar-refractivity contribution is 0.0528. The Balaban J connectivity index is 1.80. The molecule has 0 radical (unpaired) electrons. The fraction of sp³-hybridized carbons (Fsp3) is 0.435. The number of hydrogen-bond donors (Lipinski definition) is 0. The fourth-order valence-corrected chi connectivity index (χ4v) is 3.89. The molecule has 1 aromatic carbocycles. The molecule has 0 bridgehead atoms. The summed E-state index contributed by atoms with van der Waals surface area (Å²) in [4.78, 5) is 19.8. The van der Waals surface area contributed by atoms with Crippen molar-refractivity contribution in [3.05, 3.63) is 41.6 Å². The van der Waals surface area contributed by atoms with Crippen molar-refractivity contribution >= 4 is 22.8 Å². The number of methoxy groups -OCH3 is 2. The molecule has 1 saturated heterocycles. The second kappa shape index (κ2) is 9.44. The molecular weight excluding hydrogens is 412 g/mol. The highest BCUT2D eigenvalue weighted by Gasteiger charge is 2.25. The van der Waals surface area contributed by atoms with E-state index in [-0.39, 0.29) is 12.0 Å². The minimum atomic E-state index is -0.386. The van der Waals surface area contributed by atoms with Gasteiger partial charge >= 0.3 is 5.97 Å². The molecule has 0 aliphatic carbocycles. The van der Waals surface area contributed by atoms with Crippen LogP contribution in [0.4, 0.5) is 5.82 Å². The van der Waals surface area contributed by atoms with Crippen molar-refractivity contribution in [2.75, 3.05) is 45.5 Å². The molecule has 0 spiro atoms. The maximum Gasteiger partial charge on any atom is 0.339 e. The third-order valence-corrected chi connectivity index (χ3v) is 5.57. The fourth-order valence-electron chi connectivity index (χ4n) is 3.89. The van der Waals surface area contributed by atoms with Crippen LogP contribution >= 0.6 is 0 Å². The minimum Gasteiger partial charge on any atom is -0.497 e. The standard InChI is InChI=1S/C23H28N4O5/c1-5-32-23(28)18-11-21(26-8-9-31-14-15(26)2)25-22-19(18)12-24-27(22)13-16-6-7-17(29-3)10-20(16)30-4/h6-7,10-12,15H,5,8-9,13-14H2,1-4H3/t15-/m1/s1. The van der Waals surface area contributed by atoms with E-state index < -0.39 is 0 Å². The van der Waals surface area contributed by atoms with Crippen molar-refractivity contribution in [2.24, 2.45) is 0 Å². The molecule has 1 aliphatic heterocycles. The van der Waals surface area contributed by atoms with Crippen molar-refractivity contribution < 1.29 is 23.7 Å². The molecule has 1 atom stereocenters. The maximum absolute atomic E-state index is 12.7. The van der Waals surface area contributed by atoms with Crippen LogP contribution in [-0.4, -0.2) is 67.4 Å². The number of nitrogens with zero attached hydrogens (tertiary/aromatic N) is 4. The number of aromatic nitrogens is 3. The average Bonchev–Trinajstić information content (AvgIpc) is 3.21. The highest BCUT2D eigenvalue weighted by Crippen LogP contribution is 2.29. The van der Waals surface area contributed by atoms with Crippen molar-refractivity contribution in [3.63, 3.8) is 0 Å². The number of pyridine rings is 1. The smallest absolute Gasteiger partial charge is 0.339 e. The number of fused-ring (bicyclic) bond motifs is 1. The predicted octanol–water partition coefficient (Wildman–Crippen LogP) is 2.90. The summed E-state index contributed by atoms with van der Waals surface area (Å²) in [5.74, 6) is 1.72. The van der Waals surface area contributed by atoms with Gasteiger partial charge in [-0.3, -0.25) is 0 Å². The normalized spacial score (nSPS) is 16.2. The first kappa shape index (κ1) is 21.9. The first-order chi connectivity index (χ1) is 15.5. The van der Waals surface area contributed by atoms with Crippen molar-refractivity contribution in [2.45, 2.75) is 26.4 Å². The Bertz CT molecular complexity index is 1110. The van der Waals surface area contributed by atoms with Crippen LogP contribution in [0.3, 0.4) is 0 Å². The summed E-state index contributed by atoms with van der Waals surface area (Å²) in [5.41, 5.74) is 1.99. The third-order valence-electron chi connectivity index (χ3n) is 5.57. The average molecular weight is 441 g/mol. The molecule has 1 fully saturated rings. The molecule has 9 heteroatoms. The van der Waals surface area contributed by atoms with E-state index >= 15 is 0 Å². The van der Waals surface area contributed by atoms with Gasteiger partial charge in [0.15, 0.2) is 5.65 Å². The quantitative estimate of drug-likeness (QED) is 0.518. The lowest BCUT2D eigenvalue weighted by Gasteiger charge is -2.34. The van der Waals surface area contributed by atoms with Gasteiger partial charge in [0.2, 0.25) is 0 Å². The van der Waals surface area contributed by atoms with Gasteiger partial charge in [0, 0.05) is 18.2 Å². The molecule has 170 valence electrons. The number of carbonyl (C=O) groups is 1. The molecule has 9 nitrogen and oxygen atoms in total. The van der Waals surface area contributed by atoms with E-state index in [2.05, 4.69) is 16.9 Å². The van der Waals surface area contributed by atoms with Gasteiger partial charge in [0.05, 0.1) is 63.8 Å². The van der Waals surface area contributed by atoms with Crippen molar-refractivity contribution in [3.8, 4) is 11.5 Å². The molecule has 0 unspecified atom stereocenters. The highest BCUT2D eigenvalue weighted by atomic mass is 16.5. The molecule has 0 N–H and O–H groups in total. The molecule has 1 aliphatic rings. The van der Waals surface area contributed by atoms with E-state index in [1.807, 2.05) is 18.2 Å². The second-order valence-electron chi connectivity index (χ2n) is 7.58. The summed E-state index contributed by atoms with van der Waals surface area (Å²) in [7, 11) is 3.24. The molecule has 0 amide bonds. The Morgan fingerprint density at radius 3 is 2.81 bits per heavy atom. The number of anilines is 1. The third kappa shape index (κ3) is 4.20. The Labute approximate surface area is 186 Å². The summed E-state index contributed by atoms with van der Waals surface area (Å²) < 4.78 is 23.5. The molecule has 4 rings (SSSR count). The monoisotopic (exact) mass is 440 g/mol. The lowest BCUT2D eigenvalue weighted by atomic mass is 10.1. The Hall–Kier alpha value is -3.33. The van der Waals surface area contributed by atoms with Gasteiger partial charge in [-0.15, -0.1) is 0 Å². The molecule has 3 aromatic rings. The van der Waals surface area contributed by atoms with Crippen LogP contribution in [0.15, 0.2) is 30.5 Å². The summed E-state index contributed by atoms with van der Waals surface area (Å²) in [5, 5.41) is 5.19. The molecule has 2 aromatic heterocycles. The first-order valence-corrected chi connectivity index (χ1v) is 10.6. The number of hydrogen-bond acceptors (Lipinski definition) is 8. The van der Waals surface area contributed by atoms with Crippen molar-refractivity contribution in [1.82, 2.24) is 14.8 Å². The molecular formula is C23H28N4O5. The predicted molar refractivity (Wildman–Crippen MR) is 120 cm³/mol. The Morgan fingerprint density at radius 1 is 1.25 bits per heavy atom. The summed E-state index contributed by atoms with van der Waals surface area (Å²) in [6, 6.07) is 7.58. The van der Waals surface area contributed by atoms with Crippen molar-refractivity contribution in [1.29, 1.82) is 0 Å². The van der Waals surface area contributed by atoms with Gasteiger partial charge in [0.25, 0.3) is 0 Å². The van der Waals surface area contributed by atoms with Gasteiger partial charge in [0.1, 0.15) is 17.3 Å². The van der Waals surface area contributed by atoms with Crippen LogP contribution in [0, 0.1) is 0 Å². The zero-order valence-corrected chi connectivity index (χ0v) is 18.8. The second-order valence-corrected chi connectivity index (χ2v) is 7.58. The number of esters is 1.